The Morgan fingerprint density at radius 1 is 0.833 bits per heavy atom. The Balaban J connectivity index is 2.35. The highest BCUT2D eigenvalue weighted by Gasteiger charge is 2.23. The second-order valence-electron chi connectivity index (χ2n) is 4.97. The zero-order valence-electron chi connectivity index (χ0n) is 12.0. The first-order chi connectivity index (χ1) is 8.83. The maximum Gasteiger partial charge on any atom is 0.111 e. The van der Waals surface area contributed by atoms with Gasteiger partial charge in [-0.3, -0.25) is 10.6 Å². The molecule has 0 aliphatic carbocycles. The van der Waals surface area contributed by atoms with Crippen molar-refractivity contribution in [3.8, 4) is 0 Å². The molecule has 104 valence electrons. The van der Waals surface area contributed by atoms with Crippen molar-refractivity contribution in [1.29, 1.82) is 0 Å². The zero-order valence-corrected chi connectivity index (χ0v) is 12.0. The average Bonchev–Trinajstić information content (AvgIpc) is 2.41. The molecule has 1 aliphatic rings. The molecule has 0 radical (unpaired) electrons. The fourth-order valence-corrected chi connectivity index (χ4v) is 2.11. The van der Waals surface area contributed by atoms with Crippen LogP contribution in [0, 0.1) is 0 Å². The molecule has 0 atom stereocenters. The standard InChI is InChI=1S/C15H29N3/c1-3-5-7-11-17-15(9-13-16-14-10-15)18-12-8-6-4-2/h9-10,13-14,16-18H,3-8,11-12H2,1-2H3. The van der Waals surface area contributed by atoms with Crippen LogP contribution in [-0.4, -0.2) is 18.8 Å². The van der Waals surface area contributed by atoms with Crippen molar-refractivity contribution in [2.45, 2.75) is 58.0 Å². The first-order valence-electron chi connectivity index (χ1n) is 7.44. The molecule has 0 saturated heterocycles. The van der Waals surface area contributed by atoms with E-state index in [1.807, 2.05) is 12.4 Å². The predicted molar refractivity (Wildman–Crippen MR) is 79.2 cm³/mol. The van der Waals surface area contributed by atoms with E-state index < -0.39 is 0 Å². The van der Waals surface area contributed by atoms with Gasteiger partial charge in [-0.2, -0.15) is 0 Å². The molecule has 3 N–H and O–H groups in total. The molecule has 0 amide bonds. The van der Waals surface area contributed by atoms with Crippen LogP contribution in [-0.2, 0) is 0 Å². The van der Waals surface area contributed by atoms with Crippen LogP contribution in [0.5, 0.6) is 0 Å². The van der Waals surface area contributed by atoms with Gasteiger partial charge >= 0.3 is 0 Å². The fraction of sp³-hybridized carbons (Fsp3) is 0.733. The summed E-state index contributed by atoms with van der Waals surface area (Å²) in [7, 11) is 0. The Kier molecular flexibility index (Phi) is 7.78. The minimum Gasteiger partial charge on any atom is -0.368 e. The van der Waals surface area contributed by atoms with Gasteiger partial charge in [0.15, 0.2) is 0 Å². The van der Waals surface area contributed by atoms with Gasteiger partial charge in [0.1, 0.15) is 5.66 Å². The number of unbranched alkanes of at least 4 members (excludes halogenated alkanes) is 4. The maximum atomic E-state index is 3.62. The molecule has 1 rings (SSSR count). The second-order valence-corrected chi connectivity index (χ2v) is 4.97. The monoisotopic (exact) mass is 251 g/mol. The lowest BCUT2D eigenvalue weighted by Gasteiger charge is -2.32. The van der Waals surface area contributed by atoms with Gasteiger partial charge < -0.3 is 5.32 Å². The molecular formula is C15H29N3. The predicted octanol–water partition coefficient (Wildman–Crippen LogP) is 2.87. The van der Waals surface area contributed by atoms with Gasteiger partial charge in [-0.05, 0) is 50.5 Å². The molecule has 18 heavy (non-hydrogen) atoms. The molecule has 1 heterocycles. The summed E-state index contributed by atoms with van der Waals surface area (Å²) in [6.07, 6.45) is 16.0. The summed E-state index contributed by atoms with van der Waals surface area (Å²) in [5.74, 6) is 0. The number of dihydropyridines is 1. The normalized spacial score (nSPS) is 16.8. The quantitative estimate of drug-likeness (QED) is 0.413. The summed E-state index contributed by atoms with van der Waals surface area (Å²) < 4.78 is 0. The van der Waals surface area contributed by atoms with Crippen LogP contribution in [0.1, 0.15) is 52.4 Å². The highest BCUT2D eigenvalue weighted by atomic mass is 15.2. The minimum absolute atomic E-state index is 0.146. The summed E-state index contributed by atoms with van der Waals surface area (Å²) in [6, 6.07) is 0. The van der Waals surface area contributed by atoms with Crippen LogP contribution < -0.4 is 16.0 Å². The lowest BCUT2D eigenvalue weighted by molar-refractivity contribution is 0.379. The minimum atomic E-state index is -0.146. The van der Waals surface area contributed by atoms with E-state index in [1.165, 1.54) is 38.5 Å². The highest BCUT2D eigenvalue weighted by Crippen LogP contribution is 2.09. The topological polar surface area (TPSA) is 36.1 Å². The molecule has 0 bridgehead atoms. The van der Waals surface area contributed by atoms with Crippen molar-refractivity contribution in [3.63, 3.8) is 0 Å². The third-order valence-electron chi connectivity index (χ3n) is 3.28. The van der Waals surface area contributed by atoms with Gasteiger partial charge in [-0.1, -0.05) is 39.5 Å². The van der Waals surface area contributed by atoms with Crippen LogP contribution in [0.3, 0.4) is 0 Å². The molecule has 0 unspecified atom stereocenters. The Labute approximate surface area is 112 Å². The van der Waals surface area contributed by atoms with Crippen molar-refractivity contribution >= 4 is 0 Å². The van der Waals surface area contributed by atoms with E-state index in [0.29, 0.717) is 0 Å². The van der Waals surface area contributed by atoms with Crippen molar-refractivity contribution in [3.05, 3.63) is 24.6 Å². The van der Waals surface area contributed by atoms with Crippen LogP contribution in [0.15, 0.2) is 24.6 Å². The fourth-order valence-electron chi connectivity index (χ4n) is 2.11. The summed E-state index contributed by atoms with van der Waals surface area (Å²) in [6.45, 7) is 6.60. The van der Waals surface area contributed by atoms with Crippen LogP contribution in [0.4, 0.5) is 0 Å². The van der Waals surface area contributed by atoms with Crippen LogP contribution >= 0.6 is 0 Å². The molecule has 0 fully saturated rings. The van der Waals surface area contributed by atoms with Crippen molar-refractivity contribution < 1.29 is 0 Å². The van der Waals surface area contributed by atoms with E-state index in [-0.39, 0.29) is 5.66 Å². The summed E-state index contributed by atoms with van der Waals surface area (Å²) in [4.78, 5) is 0. The Morgan fingerprint density at radius 2 is 1.33 bits per heavy atom. The molecule has 1 aliphatic heterocycles. The molecule has 0 spiro atoms. The van der Waals surface area contributed by atoms with E-state index in [0.717, 1.165) is 13.1 Å². The lowest BCUT2D eigenvalue weighted by Crippen LogP contribution is -2.55. The summed E-state index contributed by atoms with van der Waals surface area (Å²) in [5.41, 5.74) is -0.146. The van der Waals surface area contributed by atoms with E-state index in [9.17, 15) is 0 Å². The smallest absolute Gasteiger partial charge is 0.111 e. The van der Waals surface area contributed by atoms with Crippen molar-refractivity contribution in [2.24, 2.45) is 0 Å². The molecule has 3 heteroatoms. The van der Waals surface area contributed by atoms with Crippen LogP contribution in [0.2, 0.25) is 0 Å². The largest absolute Gasteiger partial charge is 0.368 e. The summed E-state index contributed by atoms with van der Waals surface area (Å²) >= 11 is 0. The zero-order chi connectivity index (χ0) is 13.1. The molecule has 0 saturated carbocycles. The van der Waals surface area contributed by atoms with Gasteiger partial charge in [0.2, 0.25) is 0 Å². The van der Waals surface area contributed by atoms with E-state index in [1.54, 1.807) is 0 Å². The number of nitrogens with one attached hydrogen (secondary N) is 3. The Morgan fingerprint density at radius 3 is 1.78 bits per heavy atom. The van der Waals surface area contributed by atoms with Crippen molar-refractivity contribution in [1.82, 2.24) is 16.0 Å². The first kappa shape index (κ1) is 15.3. The third kappa shape index (κ3) is 5.69. The van der Waals surface area contributed by atoms with Crippen LogP contribution in [0.25, 0.3) is 0 Å². The Bertz CT molecular complexity index is 232. The molecule has 0 aromatic carbocycles. The summed E-state index contributed by atoms with van der Waals surface area (Å²) in [5, 5.41) is 10.3. The molecule has 0 aromatic rings. The van der Waals surface area contributed by atoms with E-state index in [2.05, 4.69) is 41.9 Å². The number of hydrogen-bond acceptors (Lipinski definition) is 3. The first-order valence-corrected chi connectivity index (χ1v) is 7.44. The lowest BCUT2D eigenvalue weighted by atomic mass is 10.1. The number of hydrogen-bond donors (Lipinski definition) is 3. The third-order valence-corrected chi connectivity index (χ3v) is 3.28. The maximum absolute atomic E-state index is 3.62. The second kappa shape index (κ2) is 9.17. The van der Waals surface area contributed by atoms with Crippen molar-refractivity contribution in [2.75, 3.05) is 13.1 Å². The van der Waals surface area contributed by atoms with Gasteiger partial charge in [0.25, 0.3) is 0 Å². The highest BCUT2D eigenvalue weighted by molar-refractivity contribution is 5.20. The van der Waals surface area contributed by atoms with Gasteiger partial charge in [-0.25, -0.2) is 0 Å². The van der Waals surface area contributed by atoms with Gasteiger partial charge in [0, 0.05) is 0 Å². The molecule has 0 aromatic heterocycles. The average molecular weight is 251 g/mol. The van der Waals surface area contributed by atoms with Gasteiger partial charge in [0.05, 0.1) is 0 Å². The molecule has 3 nitrogen and oxygen atoms in total. The van der Waals surface area contributed by atoms with Gasteiger partial charge in [-0.15, -0.1) is 0 Å². The van der Waals surface area contributed by atoms with E-state index >= 15 is 0 Å². The van der Waals surface area contributed by atoms with E-state index in [4.69, 9.17) is 0 Å². The Hall–Kier alpha value is -0.800. The number of rotatable bonds is 10. The SMILES string of the molecule is CCCCCNC1(NCCCCC)C=CNC=C1. The molecular weight excluding hydrogens is 222 g/mol.